The molecule has 6 aliphatic carbocycles. The number of fused-ring (bicyclic) bond motifs is 3. The van der Waals surface area contributed by atoms with E-state index in [9.17, 15) is 9.90 Å². The summed E-state index contributed by atoms with van der Waals surface area (Å²) in [4.78, 5) is 14.1. The molecule has 1 saturated heterocycles. The van der Waals surface area contributed by atoms with Crippen molar-refractivity contribution in [2.45, 2.75) is 91.3 Å². The Morgan fingerprint density at radius 2 is 1.77 bits per heavy atom. The van der Waals surface area contributed by atoms with Crippen LogP contribution in [0.3, 0.4) is 0 Å². The smallest absolute Gasteiger partial charge is 0.314 e. The van der Waals surface area contributed by atoms with E-state index in [2.05, 4.69) is 53.3 Å². The SMILES string of the molecule is C=C(C)C1CC(O)C23CCC45C(=O)OC12C43CCC1C2(C)C=CC(C)(C)C2CCC15C. The lowest BCUT2D eigenvalue weighted by atomic mass is 9.37. The molecule has 1 heterocycles. The second-order valence-corrected chi connectivity index (χ2v) is 13.7. The second-order valence-electron chi connectivity index (χ2n) is 13.7. The van der Waals surface area contributed by atoms with Crippen LogP contribution in [-0.4, -0.2) is 22.8 Å². The number of aliphatic hydroxyl groups is 1. The van der Waals surface area contributed by atoms with Crippen molar-refractivity contribution in [3.63, 3.8) is 0 Å². The summed E-state index contributed by atoms with van der Waals surface area (Å²) in [6.45, 7) is 16.1. The molecule has 31 heavy (non-hydrogen) atoms. The third-order valence-electron chi connectivity index (χ3n) is 13.1. The molecule has 0 aromatic rings. The maximum absolute atomic E-state index is 14.1. The van der Waals surface area contributed by atoms with Gasteiger partial charge in [-0.15, -0.1) is 0 Å². The topological polar surface area (TPSA) is 46.5 Å². The molecule has 0 bridgehead atoms. The van der Waals surface area contributed by atoms with Crippen molar-refractivity contribution in [2.75, 3.05) is 0 Å². The van der Waals surface area contributed by atoms with Crippen LogP contribution in [0.2, 0.25) is 0 Å². The van der Waals surface area contributed by atoms with E-state index in [0.29, 0.717) is 11.8 Å². The molecule has 0 aromatic carbocycles. The highest BCUT2D eigenvalue weighted by molar-refractivity contribution is 5.89. The zero-order valence-corrected chi connectivity index (χ0v) is 19.9. The monoisotopic (exact) mass is 422 g/mol. The van der Waals surface area contributed by atoms with E-state index in [-0.39, 0.29) is 45.1 Å². The first-order valence-electron chi connectivity index (χ1n) is 12.7. The molecular weight excluding hydrogens is 384 g/mol. The van der Waals surface area contributed by atoms with Crippen molar-refractivity contribution in [2.24, 2.45) is 50.2 Å². The largest absolute Gasteiger partial charge is 0.457 e. The molecule has 0 radical (unpaired) electrons. The van der Waals surface area contributed by atoms with Crippen molar-refractivity contribution in [3.8, 4) is 0 Å². The molecule has 168 valence electrons. The number of esters is 1. The number of rotatable bonds is 1. The highest BCUT2D eigenvalue weighted by Crippen LogP contribution is 3.02. The maximum atomic E-state index is 14.1. The van der Waals surface area contributed by atoms with Gasteiger partial charge in [0.25, 0.3) is 0 Å². The minimum Gasteiger partial charge on any atom is -0.457 e. The van der Waals surface area contributed by atoms with Crippen molar-refractivity contribution >= 4 is 5.97 Å². The lowest BCUT2D eigenvalue weighted by Crippen LogP contribution is -2.63. The van der Waals surface area contributed by atoms with E-state index in [1.54, 1.807) is 0 Å². The molecule has 10 unspecified atom stereocenters. The van der Waals surface area contributed by atoms with Crippen LogP contribution in [-0.2, 0) is 9.53 Å². The van der Waals surface area contributed by atoms with Gasteiger partial charge in [0.2, 0.25) is 0 Å². The lowest BCUT2D eigenvalue weighted by molar-refractivity contribution is -0.194. The van der Waals surface area contributed by atoms with Gasteiger partial charge in [-0.25, -0.2) is 0 Å². The predicted molar refractivity (Wildman–Crippen MR) is 119 cm³/mol. The van der Waals surface area contributed by atoms with Gasteiger partial charge in [-0.1, -0.05) is 52.0 Å². The molecule has 0 amide bonds. The van der Waals surface area contributed by atoms with Gasteiger partial charge in [0.05, 0.1) is 11.5 Å². The summed E-state index contributed by atoms with van der Waals surface area (Å²) in [6.07, 6.45) is 11.7. The first-order chi connectivity index (χ1) is 14.4. The lowest BCUT2D eigenvalue weighted by Gasteiger charge is -2.65. The van der Waals surface area contributed by atoms with E-state index in [0.717, 1.165) is 44.1 Å². The summed E-state index contributed by atoms with van der Waals surface area (Å²) in [5.41, 5.74) is 0.125. The summed E-state index contributed by atoms with van der Waals surface area (Å²) in [6, 6.07) is 0. The highest BCUT2D eigenvalue weighted by Gasteiger charge is 3.08. The van der Waals surface area contributed by atoms with Crippen molar-refractivity contribution < 1.29 is 14.6 Å². The molecule has 6 fully saturated rings. The average molecular weight is 423 g/mol. The standard InChI is InChI=1S/C28H38O3/c1-16(2)17-15-20(29)25-13-14-26-21(30)31-28(17,25)27(25,26)10-8-19-23(5)12-11-22(3,4)18(23)7-9-24(19,26)6/h11-12,17-20,29H,1,7-10,13-15H2,2-6H3. The number of hydrogen-bond acceptors (Lipinski definition) is 3. The van der Waals surface area contributed by atoms with Crippen LogP contribution < -0.4 is 0 Å². The molecule has 7 rings (SSSR count). The van der Waals surface area contributed by atoms with Gasteiger partial charge in [0.15, 0.2) is 0 Å². The first-order valence-corrected chi connectivity index (χ1v) is 12.7. The molecule has 1 aliphatic heterocycles. The molecule has 1 N–H and O–H groups in total. The molecule has 3 spiro atoms. The fraction of sp³-hybridized carbons (Fsp3) is 0.821. The fourth-order valence-electron chi connectivity index (χ4n) is 12.5. The van der Waals surface area contributed by atoms with Gasteiger partial charge in [-0.3, -0.25) is 4.79 Å². The zero-order valence-electron chi connectivity index (χ0n) is 19.9. The van der Waals surface area contributed by atoms with Crippen LogP contribution in [0.1, 0.15) is 79.6 Å². The van der Waals surface area contributed by atoms with E-state index in [1.165, 1.54) is 6.42 Å². The van der Waals surface area contributed by atoms with Gasteiger partial charge in [0.1, 0.15) is 5.60 Å². The van der Waals surface area contributed by atoms with Gasteiger partial charge < -0.3 is 9.84 Å². The van der Waals surface area contributed by atoms with E-state index >= 15 is 0 Å². The van der Waals surface area contributed by atoms with Gasteiger partial charge >= 0.3 is 5.97 Å². The van der Waals surface area contributed by atoms with Crippen LogP contribution in [0.15, 0.2) is 24.3 Å². The molecule has 5 saturated carbocycles. The average Bonchev–Trinajstić information content (AvgIpc) is 3.02. The van der Waals surface area contributed by atoms with Crippen LogP contribution in [0.5, 0.6) is 0 Å². The summed E-state index contributed by atoms with van der Waals surface area (Å²) in [5, 5.41) is 11.5. The van der Waals surface area contributed by atoms with Gasteiger partial charge in [-0.2, -0.15) is 0 Å². The Morgan fingerprint density at radius 3 is 2.48 bits per heavy atom. The van der Waals surface area contributed by atoms with Crippen molar-refractivity contribution in [3.05, 3.63) is 24.3 Å². The number of allylic oxidation sites excluding steroid dienone is 2. The molecule has 7 aliphatic rings. The summed E-state index contributed by atoms with van der Waals surface area (Å²) in [7, 11) is 0. The minimum absolute atomic E-state index is 0.0605. The quantitative estimate of drug-likeness (QED) is 0.452. The Labute approximate surface area is 186 Å². The Bertz CT molecular complexity index is 994. The summed E-state index contributed by atoms with van der Waals surface area (Å²) < 4.78 is 6.62. The Balaban J connectivity index is 1.43. The number of hydrogen-bond donors (Lipinski definition) is 1. The minimum atomic E-state index is -0.475. The third-order valence-corrected chi connectivity index (χ3v) is 13.1. The van der Waals surface area contributed by atoms with Crippen LogP contribution in [0, 0.1) is 50.2 Å². The Hall–Kier alpha value is -1.09. The van der Waals surface area contributed by atoms with Crippen molar-refractivity contribution in [1.29, 1.82) is 0 Å². The van der Waals surface area contributed by atoms with Crippen LogP contribution >= 0.6 is 0 Å². The molecule has 3 nitrogen and oxygen atoms in total. The zero-order chi connectivity index (χ0) is 22.0. The Kier molecular flexibility index (Phi) is 2.97. The molecular formula is C28H38O3. The normalized spacial score (nSPS) is 63.6. The maximum Gasteiger partial charge on any atom is 0.314 e. The Morgan fingerprint density at radius 1 is 1.06 bits per heavy atom. The van der Waals surface area contributed by atoms with Crippen LogP contribution in [0.25, 0.3) is 0 Å². The van der Waals surface area contributed by atoms with Crippen LogP contribution in [0.4, 0.5) is 0 Å². The van der Waals surface area contributed by atoms with Gasteiger partial charge in [0, 0.05) is 16.7 Å². The number of aliphatic hydroxyl groups excluding tert-OH is 1. The first kappa shape index (κ1) is 19.4. The van der Waals surface area contributed by atoms with Crippen molar-refractivity contribution in [1.82, 2.24) is 0 Å². The second kappa shape index (κ2) is 4.74. The van der Waals surface area contributed by atoms with E-state index < -0.39 is 11.0 Å². The van der Waals surface area contributed by atoms with E-state index in [4.69, 9.17) is 4.74 Å². The fourth-order valence-corrected chi connectivity index (χ4v) is 12.5. The number of carbonyl (C=O) groups is 1. The summed E-state index contributed by atoms with van der Waals surface area (Å²) >= 11 is 0. The number of carbonyl (C=O) groups excluding carboxylic acids is 1. The highest BCUT2D eigenvalue weighted by atomic mass is 16.6. The molecule has 3 heteroatoms. The van der Waals surface area contributed by atoms with E-state index in [1.807, 2.05) is 0 Å². The molecule has 10 atom stereocenters. The summed E-state index contributed by atoms with van der Waals surface area (Å²) in [5.74, 6) is 1.35. The molecule has 0 aromatic heterocycles. The predicted octanol–water partition coefficient (Wildman–Crippen LogP) is 5.43. The number of ether oxygens (including phenoxy) is 1. The third kappa shape index (κ3) is 1.39. The van der Waals surface area contributed by atoms with Gasteiger partial charge in [-0.05, 0) is 80.0 Å².